The third-order valence-corrected chi connectivity index (χ3v) is 4.19. The van der Waals surface area contributed by atoms with Gasteiger partial charge in [-0.1, -0.05) is 24.3 Å². The van der Waals surface area contributed by atoms with Crippen LogP contribution in [0.3, 0.4) is 0 Å². The van der Waals surface area contributed by atoms with E-state index in [0.717, 1.165) is 38.2 Å². The van der Waals surface area contributed by atoms with Crippen LogP contribution in [-0.4, -0.2) is 23.0 Å². The molecular formula is C14H17N3S. The van der Waals surface area contributed by atoms with Crippen LogP contribution in [0.25, 0.3) is 0 Å². The minimum absolute atomic E-state index is 0.675. The number of hydrogen-bond donors (Lipinski definition) is 1. The van der Waals surface area contributed by atoms with Gasteiger partial charge in [0.25, 0.3) is 0 Å². The molecular weight excluding hydrogens is 242 g/mol. The van der Waals surface area contributed by atoms with Gasteiger partial charge in [-0.05, 0) is 17.5 Å². The number of nitrogen functional groups attached to an aromatic ring is 1. The maximum Gasteiger partial charge on any atom is 0.180 e. The second-order valence-electron chi connectivity index (χ2n) is 4.72. The molecule has 0 aliphatic carbocycles. The predicted molar refractivity (Wildman–Crippen MR) is 75.7 cm³/mol. The van der Waals surface area contributed by atoms with Crippen molar-refractivity contribution < 1.29 is 0 Å². The molecule has 0 saturated heterocycles. The van der Waals surface area contributed by atoms with Crippen molar-refractivity contribution in [1.82, 2.24) is 9.88 Å². The molecule has 0 amide bonds. The highest BCUT2D eigenvalue weighted by Crippen LogP contribution is 2.19. The maximum atomic E-state index is 5.64. The van der Waals surface area contributed by atoms with Crippen molar-refractivity contribution in [2.75, 3.05) is 18.8 Å². The van der Waals surface area contributed by atoms with E-state index in [9.17, 15) is 0 Å². The Labute approximate surface area is 111 Å². The third-order valence-electron chi connectivity index (χ3n) is 3.46. The Morgan fingerprint density at radius 2 is 2.11 bits per heavy atom. The summed E-state index contributed by atoms with van der Waals surface area (Å²) in [6.45, 7) is 3.28. The van der Waals surface area contributed by atoms with Crippen molar-refractivity contribution >= 4 is 16.5 Å². The molecule has 3 nitrogen and oxygen atoms in total. The van der Waals surface area contributed by atoms with Crippen molar-refractivity contribution in [1.29, 1.82) is 0 Å². The van der Waals surface area contributed by atoms with Crippen molar-refractivity contribution in [3.05, 3.63) is 46.5 Å². The second kappa shape index (κ2) is 5.08. The normalized spacial score (nSPS) is 15.6. The summed E-state index contributed by atoms with van der Waals surface area (Å²) in [5.41, 5.74) is 9.75. The molecule has 1 aromatic carbocycles. The van der Waals surface area contributed by atoms with Crippen LogP contribution in [0.4, 0.5) is 5.13 Å². The van der Waals surface area contributed by atoms with E-state index in [0.29, 0.717) is 5.13 Å². The van der Waals surface area contributed by atoms with Crippen LogP contribution in [0.2, 0.25) is 0 Å². The molecule has 18 heavy (non-hydrogen) atoms. The second-order valence-corrected chi connectivity index (χ2v) is 5.61. The van der Waals surface area contributed by atoms with Crippen LogP contribution in [0.5, 0.6) is 0 Å². The van der Waals surface area contributed by atoms with Gasteiger partial charge in [-0.25, -0.2) is 4.98 Å². The van der Waals surface area contributed by atoms with Crippen LogP contribution >= 0.6 is 11.3 Å². The van der Waals surface area contributed by atoms with E-state index in [1.54, 1.807) is 0 Å². The predicted octanol–water partition coefficient (Wildman–Crippen LogP) is 2.33. The van der Waals surface area contributed by atoms with E-state index in [4.69, 9.17) is 5.73 Å². The van der Waals surface area contributed by atoms with Gasteiger partial charge in [-0.15, -0.1) is 11.3 Å². The number of hydrogen-bond acceptors (Lipinski definition) is 4. The van der Waals surface area contributed by atoms with Gasteiger partial charge in [0.05, 0.1) is 5.69 Å². The quantitative estimate of drug-likeness (QED) is 0.920. The number of thiazole rings is 1. The van der Waals surface area contributed by atoms with Gasteiger partial charge in [-0.3, -0.25) is 4.90 Å². The van der Waals surface area contributed by atoms with E-state index in [1.165, 1.54) is 22.5 Å². The molecule has 0 fully saturated rings. The third kappa shape index (κ3) is 2.54. The molecule has 2 heterocycles. The fraction of sp³-hybridized carbons (Fsp3) is 0.357. The fourth-order valence-corrected chi connectivity index (χ4v) is 3.05. The lowest BCUT2D eigenvalue weighted by atomic mass is 10.00. The molecule has 94 valence electrons. The summed E-state index contributed by atoms with van der Waals surface area (Å²) in [6, 6.07) is 8.74. The Morgan fingerprint density at radius 1 is 1.28 bits per heavy atom. The van der Waals surface area contributed by atoms with Gasteiger partial charge in [0.2, 0.25) is 0 Å². The zero-order chi connectivity index (χ0) is 12.4. The highest BCUT2D eigenvalue weighted by atomic mass is 32.1. The van der Waals surface area contributed by atoms with Crippen LogP contribution in [0, 0.1) is 0 Å². The number of fused-ring (bicyclic) bond motifs is 1. The van der Waals surface area contributed by atoms with Crippen molar-refractivity contribution in [2.24, 2.45) is 0 Å². The SMILES string of the molecule is Nc1nc(CCN2CCc3ccccc3C2)cs1. The molecule has 0 saturated carbocycles. The fourth-order valence-electron chi connectivity index (χ4n) is 2.46. The summed E-state index contributed by atoms with van der Waals surface area (Å²) in [5, 5.41) is 2.74. The van der Waals surface area contributed by atoms with Gasteiger partial charge in [-0.2, -0.15) is 0 Å². The average molecular weight is 259 g/mol. The Morgan fingerprint density at radius 3 is 2.89 bits per heavy atom. The molecule has 4 heteroatoms. The molecule has 1 aliphatic rings. The lowest BCUT2D eigenvalue weighted by molar-refractivity contribution is 0.257. The number of rotatable bonds is 3. The van der Waals surface area contributed by atoms with E-state index in [2.05, 4.69) is 39.5 Å². The van der Waals surface area contributed by atoms with Crippen molar-refractivity contribution in [2.45, 2.75) is 19.4 Å². The Hall–Kier alpha value is -1.39. The van der Waals surface area contributed by atoms with E-state index in [-0.39, 0.29) is 0 Å². The van der Waals surface area contributed by atoms with Crippen LogP contribution in [0.15, 0.2) is 29.6 Å². The highest BCUT2D eigenvalue weighted by Gasteiger charge is 2.15. The number of aromatic nitrogens is 1. The van der Waals surface area contributed by atoms with Gasteiger partial charge in [0, 0.05) is 31.4 Å². The smallest absolute Gasteiger partial charge is 0.180 e. The molecule has 0 spiro atoms. The average Bonchev–Trinajstić information content (AvgIpc) is 2.82. The highest BCUT2D eigenvalue weighted by molar-refractivity contribution is 7.13. The van der Waals surface area contributed by atoms with E-state index >= 15 is 0 Å². The lowest BCUT2D eigenvalue weighted by Crippen LogP contribution is -2.32. The zero-order valence-corrected chi connectivity index (χ0v) is 11.1. The van der Waals surface area contributed by atoms with Gasteiger partial charge in [0.1, 0.15) is 0 Å². The summed E-state index contributed by atoms with van der Waals surface area (Å²) in [5.74, 6) is 0. The van der Waals surface area contributed by atoms with Crippen molar-refractivity contribution in [3.8, 4) is 0 Å². The summed E-state index contributed by atoms with van der Waals surface area (Å²) in [7, 11) is 0. The van der Waals surface area contributed by atoms with Crippen LogP contribution in [0.1, 0.15) is 16.8 Å². The van der Waals surface area contributed by atoms with Crippen LogP contribution < -0.4 is 5.73 Å². The number of nitrogens with two attached hydrogens (primary N) is 1. The number of benzene rings is 1. The first-order chi connectivity index (χ1) is 8.81. The molecule has 0 unspecified atom stereocenters. The summed E-state index contributed by atoms with van der Waals surface area (Å²) < 4.78 is 0. The number of nitrogens with zero attached hydrogens (tertiary/aromatic N) is 2. The molecule has 1 aliphatic heterocycles. The van der Waals surface area contributed by atoms with Crippen LogP contribution in [-0.2, 0) is 19.4 Å². The number of anilines is 1. The van der Waals surface area contributed by atoms with Gasteiger partial charge < -0.3 is 5.73 Å². The standard InChI is InChI=1S/C14H17N3S/c15-14-16-13(10-18-14)6-8-17-7-5-11-3-1-2-4-12(11)9-17/h1-4,10H,5-9H2,(H2,15,16). The first kappa shape index (κ1) is 11.7. The van der Waals surface area contributed by atoms with Gasteiger partial charge >= 0.3 is 0 Å². The molecule has 0 bridgehead atoms. The summed E-state index contributed by atoms with van der Waals surface area (Å²) >= 11 is 1.53. The van der Waals surface area contributed by atoms with E-state index in [1.807, 2.05) is 0 Å². The molecule has 2 N–H and O–H groups in total. The Bertz CT molecular complexity index is 535. The Balaban J connectivity index is 1.59. The van der Waals surface area contributed by atoms with Gasteiger partial charge in [0.15, 0.2) is 5.13 Å². The molecule has 0 atom stereocenters. The molecule has 0 radical (unpaired) electrons. The monoisotopic (exact) mass is 259 g/mol. The molecule has 1 aromatic heterocycles. The minimum Gasteiger partial charge on any atom is -0.375 e. The van der Waals surface area contributed by atoms with E-state index < -0.39 is 0 Å². The zero-order valence-electron chi connectivity index (χ0n) is 10.3. The lowest BCUT2D eigenvalue weighted by Gasteiger charge is -2.28. The minimum atomic E-state index is 0.675. The molecule has 2 aromatic rings. The summed E-state index contributed by atoms with van der Waals surface area (Å²) in [6.07, 6.45) is 2.16. The molecule has 3 rings (SSSR count). The largest absolute Gasteiger partial charge is 0.375 e. The summed E-state index contributed by atoms with van der Waals surface area (Å²) in [4.78, 5) is 6.81. The van der Waals surface area contributed by atoms with Crippen molar-refractivity contribution in [3.63, 3.8) is 0 Å². The topological polar surface area (TPSA) is 42.1 Å². The first-order valence-corrected chi connectivity index (χ1v) is 7.18. The Kier molecular flexibility index (Phi) is 3.30. The maximum absolute atomic E-state index is 5.64. The first-order valence-electron chi connectivity index (χ1n) is 6.30.